The Labute approximate surface area is 108 Å². The number of nitrogens with zero attached hydrogens (tertiary/aromatic N) is 5. The van der Waals surface area contributed by atoms with E-state index in [1.54, 1.807) is 22.4 Å². The van der Waals surface area contributed by atoms with Crippen LogP contribution < -0.4 is 10.2 Å². The lowest BCUT2D eigenvalue weighted by molar-refractivity contribution is 0.940. The van der Waals surface area contributed by atoms with Crippen LogP contribution in [-0.4, -0.2) is 34.0 Å². The Balaban J connectivity index is 2.10. The minimum Gasteiger partial charge on any atom is -0.348 e. The van der Waals surface area contributed by atoms with Crippen molar-refractivity contribution in [1.82, 2.24) is 19.9 Å². The summed E-state index contributed by atoms with van der Waals surface area (Å²) in [5, 5.41) is 6.11. The maximum Gasteiger partial charge on any atom is 0.230 e. The zero-order chi connectivity index (χ0) is 12.3. The van der Waals surface area contributed by atoms with E-state index in [1.807, 2.05) is 19.5 Å². The van der Waals surface area contributed by atoms with Gasteiger partial charge in [0.2, 0.25) is 17.2 Å². The highest BCUT2D eigenvalue weighted by Gasteiger charge is 2.06. The first-order valence-electron chi connectivity index (χ1n) is 4.86. The van der Waals surface area contributed by atoms with Gasteiger partial charge in [-0.15, -0.1) is 11.3 Å². The minimum atomic E-state index is 0.172. The van der Waals surface area contributed by atoms with Crippen molar-refractivity contribution in [3.63, 3.8) is 0 Å². The standard InChI is InChI=1S/C9H11ClN6S/c1-16(2)9-14-7(10)13-8(15-9)12-5-6-11-3-4-17-6/h3-4H,5H2,1-2H3,(H,12,13,14,15). The van der Waals surface area contributed by atoms with Gasteiger partial charge in [0.1, 0.15) is 5.01 Å². The molecule has 0 aliphatic carbocycles. The van der Waals surface area contributed by atoms with Gasteiger partial charge in [-0.25, -0.2) is 4.98 Å². The Bertz CT molecular complexity index is 486. The molecule has 90 valence electrons. The van der Waals surface area contributed by atoms with Gasteiger partial charge in [0.25, 0.3) is 0 Å². The second-order valence-corrected chi connectivity index (χ2v) is 4.72. The van der Waals surface area contributed by atoms with Crippen LogP contribution >= 0.6 is 22.9 Å². The number of nitrogens with one attached hydrogen (secondary N) is 1. The minimum absolute atomic E-state index is 0.172. The Kier molecular flexibility index (Phi) is 3.70. The van der Waals surface area contributed by atoms with Crippen LogP contribution in [0.2, 0.25) is 5.28 Å². The molecule has 2 aromatic rings. The van der Waals surface area contributed by atoms with E-state index < -0.39 is 0 Å². The van der Waals surface area contributed by atoms with Crippen LogP contribution in [-0.2, 0) is 6.54 Å². The van der Waals surface area contributed by atoms with Crippen molar-refractivity contribution in [2.75, 3.05) is 24.3 Å². The zero-order valence-corrected chi connectivity index (χ0v) is 11.0. The van der Waals surface area contributed by atoms with Crippen LogP contribution in [0.5, 0.6) is 0 Å². The second-order valence-electron chi connectivity index (χ2n) is 3.40. The summed E-state index contributed by atoms with van der Waals surface area (Å²) in [5.41, 5.74) is 0. The van der Waals surface area contributed by atoms with Crippen molar-refractivity contribution in [2.24, 2.45) is 0 Å². The van der Waals surface area contributed by atoms with Crippen molar-refractivity contribution in [3.8, 4) is 0 Å². The van der Waals surface area contributed by atoms with E-state index in [4.69, 9.17) is 11.6 Å². The molecule has 0 atom stereocenters. The molecule has 2 aromatic heterocycles. The van der Waals surface area contributed by atoms with Crippen LogP contribution in [0.25, 0.3) is 0 Å². The number of hydrogen-bond acceptors (Lipinski definition) is 7. The lowest BCUT2D eigenvalue weighted by atomic mass is 10.6. The van der Waals surface area contributed by atoms with Gasteiger partial charge >= 0.3 is 0 Å². The van der Waals surface area contributed by atoms with Crippen LogP contribution in [0.4, 0.5) is 11.9 Å². The van der Waals surface area contributed by atoms with Gasteiger partial charge < -0.3 is 10.2 Å². The van der Waals surface area contributed by atoms with Gasteiger partial charge in [-0.1, -0.05) is 0 Å². The van der Waals surface area contributed by atoms with E-state index in [1.165, 1.54) is 0 Å². The highest BCUT2D eigenvalue weighted by atomic mass is 35.5. The Hall–Kier alpha value is -1.47. The third-order valence-electron chi connectivity index (χ3n) is 1.88. The van der Waals surface area contributed by atoms with E-state index in [0.717, 1.165) is 5.01 Å². The first kappa shape index (κ1) is 12.0. The molecule has 0 aliphatic heterocycles. The smallest absolute Gasteiger partial charge is 0.230 e. The maximum absolute atomic E-state index is 5.81. The first-order valence-corrected chi connectivity index (χ1v) is 6.12. The molecule has 0 aromatic carbocycles. The molecule has 0 aliphatic rings. The van der Waals surface area contributed by atoms with Crippen molar-refractivity contribution < 1.29 is 0 Å². The Morgan fingerprint density at radius 1 is 1.35 bits per heavy atom. The molecule has 0 saturated carbocycles. The van der Waals surface area contributed by atoms with Crippen LogP contribution in [0, 0.1) is 0 Å². The van der Waals surface area contributed by atoms with Crippen LogP contribution in [0.3, 0.4) is 0 Å². The molecule has 0 bridgehead atoms. The van der Waals surface area contributed by atoms with E-state index in [-0.39, 0.29) is 5.28 Å². The monoisotopic (exact) mass is 270 g/mol. The molecule has 8 heteroatoms. The number of aromatic nitrogens is 4. The third-order valence-corrected chi connectivity index (χ3v) is 2.83. The van der Waals surface area contributed by atoms with Crippen molar-refractivity contribution >= 4 is 34.8 Å². The molecule has 1 N–H and O–H groups in total. The normalized spacial score (nSPS) is 10.3. The fourth-order valence-corrected chi connectivity index (χ4v) is 1.83. The van der Waals surface area contributed by atoms with Gasteiger partial charge in [0, 0.05) is 25.7 Å². The SMILES string of the molecule is CN(C)c1nc(Cl)nc(NCc2nccs2)n1. The average molecular weight is 271 g/mol. The number of thiazole rings is 1. The summed E-state index contributed by atoms with van der Waals surface area (Å²) in [4.78, 5) is 18.1. The van der Waals surface area contributed by atoms with Crippen LogP contribution in [0.15, 0.2) is 11.6 Å². The Morgan fingerprint density at radius 3 is 2.82 bits per heavy atom. The van der Waals surface area contributed by atoms with E-state index in [9.17, 15) is 0 Å². The lowest BCUT2D eigenvalue weighted by Crippen LogP contribution is -2.15. The number of halogens is 1. The average Bonchev–Trinajstić information content (AvgIpc) is 2.78. The molecular formula is C9H11ClN6S. The largest absolute Gasteiger partial charge is 0.348 e. The van der Waals surface area contributed by atoms with Gasteiger partial charge in [-0.3, -0.25) is 0 Å². The topological polar surface area (TPSA) is 66.8 Å². The molecule has 0 unspecified atom stereocenters. The van der Waals surface area contributed by atoms with E-state index in [2.05, 4.69) is 25.3 Å². The van der Waals surface area contributed by atoms with Gasteiger partial charge in [-0.2, -0.15) is 15.0 Å². The predicted octanol–water partition coefficient (Wildman–Crippen LogP) is 1.66. The molecule has 2 rings (SSSR count). The van der Waals surface area contributed by atoms with E-state index >= 15 is 0 Å². The van der Waals surface area contributed by atoms with Gasteiger partial charge in [0.05, 0.1) is 6.54 Å². The summed E-state index contributed by atoms with van der Waals surface area (Å²) in [6.07, 6.45) is 1.76. The lowest BCUT2D eigenvalue weighted by Gasteiger charge is -2.11. The van der Waals surface area contributed by atoms with Gasteiger partial charge in [-0.05, 0) is 11.6 Å². The van der Waals surface area contributed by atoms with E-state index in [0.29, 0.717) is 18.4 Å². The molecule has 17 heavy (non-hydrogen) atoms. The number of rotatable bonds is 4. The Morgan fingerprint density at radius 2 is 2.18 bits per heavy atom. The first-order chi connectivity index (χ1) is 8.15. The quantitative estimate of drug-likeness (QED) is 0.911. The predicted molar refractivity (Wildman–Crippen MR) is 68.6 cm³/mol. The third kappa shape index (κ3) is 3.24. The molecule has 0 spiro atoms. The molecule has 0 amide bonds. The summed E-state index contributed by atoms with van der Waals surface area (Å²) < 4.78 is 0. The molecule has 0 saturated heterocycles. The molecule has 0 fully saturated rings. The highest BCUT2D eigenvalue weighted by molar-refractivity contribution is 7.09. The second kappa shape index (κ2) is 5.24. The maximum atomic E-state index is 5.81. The molecule has 6 nitrogen and oxygen atoms in total. The zero-order valence-electron chi connectivity index (χ0n) is 9.38. The summed E-state index contributed by atoms with van der Waals surface area (Å²) >= 11 is 7.38. The van der Waals surface area contributed by atoms with Gasteiger partial charge in [0.15, 0.2) is 0 Å². The summed E-state index contributed by atoms with van der Waals surface area (Å²) in [6.45, 7) is 0.574. The van der Waals surface area contributed by atoms with Crippen molar-refractivity contribution in [3.05, 3.63) is 21.9 Å². The molecule has 2 heterocycles. The fraction of sp³-hybridized carbons (Fsp3) is 0.333. The number of anilines is 2. The summed E-state index contributed by atoms with van der Waals surface area (Å²) in [7, 11) is 3.69. The highest BCUT2D eigenvalue weighted by Crippen LogP contribution is 2.13. The van der Waals surface area contributed by atoms with Crippen molar-refractivity contribution in [2.45, 2.75) is 6.54 Å². The summed E-state index contributed by atoms with van der Waals surface area (Å²) in [6, 6.07) is 0. The summed E-state index contributed by atoms with van der Waals surface area (Å²) in [5.74, 6) is 0.968. The van der Waals surface area contributed by atoms with Crippen molar-refractivity contribution in [1.29, 1.82) is 0 Å². The molecular weight excluding hydrogens is 260 g/mol. The molecule has 0 radical (unpaired) electrons. The fourth-order valence-electron chi connectivity index (χ4n) is 1.11. The number of hydrogen-bond donors (Lipinski definition) is 1. The van der Waals surface area contributed by atoms with Crippen LogP contribution in [0.1, 0.15) is 5.01 Å².